The van der Waals surface area contributed by atoms with Crippen LogP contribution in [0.5, 0.6) is 5.75 Å². The summed E-state index contributed by atoms with van der Waals surface area (Å²) in [6.07, 6.45) is 0. The Labute approximate surface area is 112 Å². The third-order valence-electron chi connectivity index (χ3n) is 2.67. The number of aromatic nitrogens is 1. The van der Waals surface area contributed by atoms with E-state index in [4.69, 9.17) is 16.3 Å². The van der Waals surface area contributed by atoms with Gasteiger partial charge in [0.15, 0.2) is 0 Å². The van der Waals surface area contributed by atoms with Crippen molar-refractivity contribution in [2.75, 3.05) is 19.1 Å². The molecule has 0 amide bonds. The third-order valence-corrected chi connectivity index (χ3v) is 2.88. The summed E-state index contributed by atoms with van der Waals surface area (Å²) in [5.74, 6) is 0.849. The maximum absolute atomic E-state index is 5.88. The lowest BCUT2D eigenvalue weighted by Gasteiger charge is -2.21. The van der Waals surface area contributed by atoms with Crippen LogP contribution in [0.3, 0.4) is 0 Å². The fraction of sp³-hybridized carbons (Fsp3) is 0.214. The Kier molecular flexibility index (Phi) is 4.05. The number of hydrogen-bond acceptors (Lipinski definition) is 3. The van der Waals surface area contributed by atoms with Gasteiger partial charge in [-0.2, -0.15) is 0 Å². The second kappa shape index (κ2) is 5.74. The Bertz CT molecular complexity index is 531. The van der Waals surface area contributed by atoms with Gasteiger partial charge in [0.1, 0.15) is 10.9 Å². The highest BCUT2D eigenvalue weighted by molar-refractivity contribution is 6.29. The molecule has 18 heavy (non-hydrogen) atoms. The number of ether oxygens (including phenoxy) is 1. The van der Waals surface area contributed by atoms with Crippen molar-refractivity contribution in [3.63, 3.8) is 0 Å². The van der Waals surface area contributed by atoms with Crippen molar-refractivity contribution in [2.45, 2.75) is 6.54 Å². The van der Waals surface area contributed by atoms with Crippen LogP contribution in [0.1, 0.15) is 5.69 Å². The summed E-state index contributed by atoms with van der Waals surface area (Å²) in [6, 6.07) is 13.5. The molecule has 0 unspecified atom stereocenters. The average molecular weight is 263 g/mol. The van der Waals surface area contributed by atoms with Crippen LogP contribution in [-0.2, 0) is 6.54 Å². The highest BCUT2D eigenvalue weighted by Gasteiger charge is 2.08. The smallest absolute Gasteiger partial charge is 0.142 e. The Morgan fingerprint density at radius 2 is 1.94 bits per heavy atom. The molecule has 0 spiro atoms. The Morgan fingerprint density at radius 3 is 2.67 bits per heavy atom. The second-order valence-electron chi connectivity index (χ2n) is 3.98. The van der Waals surface area contributed by atoms with Crippen LogP contribution < -0.4 is 9.64 Å². The zero-order valence-corrected chi connectivity index (χ0v) is 11.2. The van der Waals surface area contributed by atoms with E-state index in [1.807, 2.05) is 43.4 Å². The fourth-order valence-electron chi connectivity index (χ4n) is 1.81. The van der Waals surface area contributed by atoms with E-state index in [0.29, 0.717) is 11.7 Å². The first-order valence-corrected chi connectivity index (χ1v) is 6.04. The van der Waals surface area contributed by atoms with Crippen molar-refractivity contribution in [2.24, 2.45) is 0 Å². The molecule has 1 heterocycles. The summed E-state index contributed by atoms with van der Waals surface area (Å²) in [5, 5.41) is 0.515. The number of nitrogens with zero attached hydrogens (tertiary/aromatic N) is 2. The van der Waals surface area contributed by atoms with Gasteiger partial charge in [0.25, 0.3) is 0 Å². The number of rotatable bonds is 4. The molecule has 2 aromatic rings. The van der Waals surface area contributed by atoms with E-state index in [9.17, 15) is 0 Å². The van der Waals surface area contributed by atoms with Crippen LogP contribution in [0.25, 0.3) is 0 Å². The number of benzene rings is 1. The van der Waals surface area contributed by atoms with Crippen molar-refractivity contribution in [3.05, 3.63) is 53.3 Å². The topological polar surface area (TPSA) is 25.4 Å². The number of methoxy groups -OCH3 is 1. The van der Waals surface area contributed by atoms with Crippen molar-refractivity contribution in [1.29, 1.82) is 0 Å². The van der Waals surface area contributed by atoms with Gasteiger partial charge in [0.2, 0.25) is 0 Å². The minimum absolute atomic E-state index is 0.515. The quantitative estimate of drug-likeness (QED) is 0.790. The summed E-state index contributed by atoms with van der Waals surface area (Å²) in [6.45, 7) is 0.681. The van der Waals surface area contributed by atoms with Crippen LogP contribution in [0.4, 0.5) is 5.69 Å². The van der Waals surface area contributed by atoms with Crippen molar-refractivity contribution < 1.29 is 4.74 Å². The molecule has 1 aromatic carbocycles. The highest BCUT2D eigenvalue weighted by atomic mass is 35.5. The average Bonchev–Trinajstić information content (AvgIpc) is 2.38. The Balaban J connectivity index is 2.19. The molecular formula is C14H15ClN2O. The molecule has 0 N–H and O–H groups in total. The third kappa shape index (κ3) is 2.93. The van der Waals surface area contributed by atoms with Gasteiger partial charge in [0, 0.05) is 7.05 Å². The lowest BCUT2D eigenvalue weighted by atomic mass is 10.2. The fourth-order valence-corrected chi connectivity index (χ4v) is 1.99. The van der Waals surface area contributed by atoms with Gasteiger partial charge in [0.05, 0.1) is 25.0 Å². The molecule has 3 nitrogen and oxygen atoms in total. The van der Waals surface area contributed by atoms with Crippen molar-refractivity contribution in [3.8, 4) is 5.75 Å². The maximum Gasteiger partial charge on any atom is 0.142 e. The van der Waals surface area contributed by atoms with Gasteiger partial charge in [-0.05, 0) is 24.3 Å². The van der Waals surface area contributed by atoms with E-state index in [1.54, 1.807) is 13.2 Å². The standard InChI is InChI=1S/C14H15ClN2O/c1-17(10-11-6-5-9-14(15)16-11)12-7-3-4-8-13(12)18-2/h3-9H,10H2,1-2H3. The Morgan fingerprint density at radius 1 is 1.17 bits per heavy atom. The monoisotopic (exact) mass is 262 g/mol. The van der Waals surface area contributed by atoms with E-state index in [-0.39, 0.29) is 0 Å². The first-order valence-electron chi connectivity index (χ1n) is 5.66. The van der Waals surface area contributed by atoms with Crippen LogP contribution in [0.2, 0.25) is 5.15 Å². The zero-order valence-electron chi connectivity index (χ0n) is 10.4. The summed E-state index contributed by atoms with van der Waals surface area (Å²) >= 11 is 5.88. The molecule has 0 saturated heterocycles. The lowest BCUT2D eigenvalue weighted by molar-refractivity contribution is 0.414. The van der Waals surface area contributed by atoms with E-state index in [0.717, 1.165) is 17.1 Å². The Hall–Kier alpha value is -1.74. The summed E-state index contributed by atoms with van der Waals surface area (Å²) in [5.41, 5.74) is 1.96. The minimum atomic E-state index is 0.515. The van der Waals surface area contributed by atoms with E-state index >= 15 is 0 Å². The molecule has 0 fully saturated rings. The SMILES string of the molecule is COc1ccccc1N(C)Cc1cccc(Cl)n1. The number of anilines is 1. The predicted octanol–water partition coefficient (Wildman–Crippen LogP) is 3.38. The molecule has 1 aromatic heterocycles. The maximum atomic E-state index is 5.88. The summed E-state index contributed by atoms with van der Waals surface area (Å²) in [4.78, 5) is 6.36. The van der Waals surface area contributed by atoms with Crippen LogP contribution in [0.15, 0.2) is 42.5 Å². The summed E-state index contributed by atoms with van der Waals surface area (Å²) in [7, 11) is 3.67. The molecule has 0 aliphatic rings. The first kappa shape index (κ1) is 12.7. The highest BCUT2D eigenvalue weighted by Crippen LogP contribution is 2.27. The van der Waals surface area contributed by atoms with Crippen LogP contribution in [-0.4, -0.2) is 19.1 Å². The number of halogens is 1. The van der Waals surface area contributed by atoms with Gasteiger partial charge in [-0.25, -0.2) is 4.98 Å². The molecule has 0 bridgehead atoms. The number of pyridine rings is 1. The van der Waals surface area contributed by atoms with Gasteiger partial charge >= 0.3 is 0 Å². The molecule has 0 aliphatic heterocycles. The molecule has 2 rings (SSSR count). The lowest BCUT2D eigenvalue weighted by Crippen LogP contribution is -2.17. The molecule has 4 heteroatoms. The number of para-hydroxylation sites is 2. The van der Waals surface area contributed by atoms with Gasteiger partial charge in [-0.1, -0.05) is 29.8 Å². The van der Waals surface area contributed by atoms with E-state index < -0.39 is 0 Å². The predicted molar refractivity (Wildman–Crippen MR) is 74.3 cm³/mol. The summed E-state index contributed by atoms with van der Waals surface area (Å²) < 4.78 is 5.34. The molecule has 0 radical (unpaired) electrons. The van der Waals surface area contributed by atoms with E-state index in [1.165, 1.54) is 0 Å². The molecule has 94 valence electrons. The van der Waals surface area contributed by atoms with Crippen molar-refractivity contribution >= 4 is 17.3 Å². The zero-order chi connectivity index (χ0) is 13.0. The minimum Gasteiger partial charge on any atom is -0.495 e. The largest absolute Gasteiger partial charge is 0.495 e. The second-order valence-corrected chi connectivity index (χ2v) is 4.37. The normalized spacial score (nSPS) is 10.2. The van der Waals surface area contributed by atoms with Gasteiger partial charge in [-0.3, -0.25) is 0 Å². The molecule has 0 atom stereocenters. The van der Waals surface area contributed by atoms with E-state index in [2.05, 4.69) is 9.88 Å². The molecular weight excluding hydrogens is 248 g/mol. The van der Waals surface area contributed by atoms with Crippen LogP contribution >= 0.6 is 11.6 Å². The van der Waals surface area contributed by atoms with Gasteiger partial charge in [-0.15, -0.1) is 0 Å². The molecule has 0 aliphatic carbocycles. The number of hydrogen-bond donors (Lipinski definition) is 0. The van der Waals surface area contributed by atoms with Gasteiger partial charge < -0.3 is 9.64 Å². The molecule has 0 saturated carbocycles. The first-order chi connectivity index (χ1) is 8.70. The van der Waals surface area contributed by atoms with Crippen molar-refractivity contribution in [1.82, 2.24) is 4.98 Å². The van der Waals surface area contributed by atoms with Crippen LogP contribution in [0, 0.1) is 0 Å².